The second-order valence-corrected chi connectivity index (χ2v) is 8.82. The molecule has 0 heterocycles. The van der Waals surface area contributed by atoms with Gasteiger partial charge in [0.2, 0.25) is 0 Å². The fourth-order valence-electron chi connectivity index (χ4n) is 2.70. The summed E-state index contributed by atoms with van der Waals surface area (Å²) in [5, 5.41) is 5.61. The number of ether oxygens (including phenoxy) is 2. The van der Waals surface area contributed by atoms with Gasteiger partial charge in [-0.25, -0.2) is 5.43 Å². The van der Waals surface area contributed by atoms with Crippen molar-refractivity contribution < 1.29 is 14.3 Å². The minimum Gasteiger partial charge on any atom is -0.493 e. The summed E-state index contributed by atoms with van der Waals surface area (Å²) in [4.78, 5) is 12.0. The molecule has 0 atom stereocenters. The summed E-state index contributed by atoms with van der Waals surface area (Å²) in [6.07, 6.45) is 4.41. The number of carbonyl (C=O) groups is 1. The van der Waals surface area contributed by atoms with E-state index in [9.17, 15) is 4.79 Å². The number of carbonyl (C=O) groups excluding carboxylic acids is 1. The van der Waals surface area contributed by atoms with Gasteiger partial charge in [0.25, 0.3) is 5.91 Å². The van der Waals surface area contributed by atoms with Crippen molar-refractivity contribution in [1.82, 2.24) is 5.43 Å². The van der Waals surface area contributed by atoms with Crippen molar-refractivity contribution in [2.24, 2.45) is 5.10 Å². The van der Waals surface area contributed by atoms with Crippen LogP contribution < -0.4 is 14.9 Å². The zero-order chi connectivity index (χ0) is 23.8. The second kappa shape index (κ2) is 12.1. The first kappa shape index (κ1) is 25.1. The lowest BCUT2D eigenvalue weighted by Crippen LogP contribution is -2.14. The third kappa shape index (κ3) is 7.51. The third-order valence-electron chi connectivity index (χ3n) is 4.31. The predicted octanol–water partition coefficient (Wildman–Crippen LogP) is 7.16. The van der Waals surface area contributed by atoms with Crippen LogP contribution in [0.1, 0.15) is 16.7 Å². The van der Waals surface area contributed by atoms with Gasteiger partial charge in [0.05, 0.1) is 17.8 Å². The monoisotopic (exact) mass is 566 g/mol. The van der Waals surface area contributed by atoms with E-state index in [1.165, 1.54) is 12.3 Å². The maximum Gasteiger partial charge on any atom is 0.264 e. The lowest BCUT2D eigenvalue weighted by Gasteiger charge is -2.13. The molecular weight excluding hydrogens is 551 g/mol. The van der Waals surface area contributed by atoms with Crippen molar-refractivity contribution in [3.05, 3.63) is 96.9 Å². The third-order valence-corrected chi connectivity index (χ3v) is 5.72. The Bertz CT molecular complexity index is 1200. The summed E-state index contributed by atoms with van der Waals surface area (Å²) in [5.41, 5.74) is 4.76. The highest BCUT2D eigenvalue weighted by molar-refractivity contribution is 9.10. The molecule has 0 bridgehead atoms. The van der Waals surface area contributed by atoms with E-state index in [0.717, 1.165) is 5.56 Å². The van der Waals surface area contributed by atoms with Gasteiger partial charge in [-0.2, -0.15) is 5.10 Å². The van der Waals surface area contributed by atoms with Gasteiger partial charge in [0.1, 0.15) is 6.61 Å². The molecule has 0 unspecified atom stereocenters. The number of methoxy groups -OCH3 is 1. The zero-order valence-electron chi connectivity index (χ0n) is 17.3. The fourth-order valence-corrected chi connectivity index (χ4v) is 3.87. The Morgan fingerprint density at radius 1 is 1.06 bits per heavy atom. The molecule has 1 N–H and O–H groups in total. The minimum atomic E-state index is -0.411. The molecule has 33 heavy (non-hydrogen) atoms. The van der Waals surface area contributed by atoms with Gasteiger partial charge in [-0.05, 0) is 75.1 Å². The van der Waals surface area contributed by atoms with Crippen molar-refractivity contribution in [2.75, 3.05) is 7.11 Å². The van der Waals surface area contributed by atoms with Crippen molar-refractivity contribution >= 4 is 68.9 Å². The fraction of sp³-hybridized carbons (Fsp3) is 0.0833. The van der Waals surface area contributed by atoms with Crippen molar-refractivity contribution in [1.29, 1.82) is 0 Å². The van der Waals surface area contributed by atoms with Crippen LogP contribution in [-0.2, 0) is 11.4 Å². The summed E-state index contributed by atoms with van der Waals surface area (Å²) in [6, 6.07) is 16.0. The maximum atomic E-state index is 12.0. The van der Waals surface area contributed by atoms with E-state index >= 15 is 0 Å². The molecule has 170 valence electrons. The van der Waals surface area contributed by atoms with E-state index in [1.807, 2.05) is 12.1 Å². The number of rotatable bonds is 8. The highest BCUT2D eigenvalue weighted by Gasteiger charge is 2.12. The molecule has 0 aromatic heterocycles. The maximum absolute atomic E-state index is 12.0. The van der Waals surface area contributed by atoms with Crippen LogP contribution in [-0.4, -0.2) is 19.2 Å². The molecule has 1 amide bonds. The SMILES string of the molecule is COc1cc(/C=N\NC(=O)/C=C/c2ccc(Cl)cc2Cl)cc(Br)c1OCc1ccc(Cl)cc1. The van der Waals surface area contributed by atoms with E-state index in [0.29, 0.717) is 48.8 Å². The van der Waals surface area contributed by atoms with Gasteiger partial charge >= 0.3 is 0 Å². The van der Waals surface area contributed by atoms with E-state index < -0.39 is 5.91 Å². The Kier molecular flexibility index (Phi) is 9.21. The number of amides is 1. The zero-order valence-corrected chi connectivity index (χ0v) is 21.2. The van der Waals surface area contributed by atoms with Crippen LogP contribution in [0.2, 0.25) is 15.1 Å². The summed E-state index contributed by atoms with van der Waals surface area (Å²) in [6.45, 7) is 0.347. The van der Waals surface area contributed by atoms with Gasteiger partial charge in [-0.1, -0.05) is 53.0 Å². The topological polar surface area (TPSA) is 59.9 Å². The Morgan fingerprint density at radius 2 is 1.79 bits per heavy atom. The first-order valence-electron chi connectivity index (χ1n) is 9.56. The smallest absolute Gasteiger partial charge is 0.264 e. The number of nitrogens with zero attached hydrogens (tertiary/aromatic N) is 1. The van der Waals surface area contributed by atoms with Crippen LogP contribution in [0.25, 0.3) is 6.08 Å². The largest absolute Gasteiger partial charge is 0.493 e. The Balaban J connectivity index is 1.63. The first-order chi connectivity index (χ1) is 15.9. The standard InChI is InChI=1S/C24H18BrCl3N2O3/c1-32-22-11-16(10-20(25)24(22)33-14-15-2-6-18(26)7-3-15)13-29-30-23(31)9-5-17-4-8-19(27)12-21(17)28/h2-13H,14H2,1H3,(H,30,31)/b9-5+,29-13-. The summed E-state index contributed by atoms with van der Waals surface area (Å²) >= 11 is 21.4. The van der Waals surface area contributed by atoms with Crippen LogP contribution in [0.15, 0.2) is 70.2 Å². The molecule has 0 aliphatic carbocycles. The van der Waals surface area contributed by atoms with E-state index in [1.54, 1.807) is 55.7 Å². The summed E-state index contributed by atoms with van der Waals surface area (Å²) < 4.78 is 12.0. The first-order valence-corrected chi connectivity index (χ1v) is 11.5. The summed E-state index contributed by atoms with van der Waals surface area (Å²) in [5.74, 6) is 0.658. The molecule has 0 radical (unpaired) electrons. The molecule has 3 rings (SSSR count). The molecule has 0 saturated carbocycles. The molecule has 0 aliphatic rings. The average Bonchev–Trinajstić information content (AvgIpc) is 2.78. The Morgan fingerprint density at radius 3 is 2.48 bits per heavy atom. The average molecular weight is 569 g/mol. The van der Waals surface area contributed by atoms with Gasteiger partial charge in [0.15, 0.2) is 11.5 Å². The van der Waals surface area contributed by atoms with Crippen molar-refractivity contribution in [2.45, 2.75) is 6.61 Å². The van der Waals surface area contributed by atoms with Crippen LogP contribution in [0, 0.1) is 0 Å². The number of hydrazone groups is 1. The molecule has 0 saturated heterocycles. The Labute approximate surface area is 215 Å². The molecule has 0 aliphatic heterocycles. The quantitative estimate of drug-likeness (QED) is 0.178. The number of hydrogen-bond acceptors (Lipinski definition) is 4. The lowest BCUT2D eigenvalue weighted by atomic mass is 10.2. The van der Waals surface area contributed by atoms with Crippen molar-refractivity contribution in [3.63, 3.8) is 0 Å². The van der Waals surface area contributed by atoms with Crippen LogP contribution in [0.4, 0.5) is 0 Å². The normalized spacial score (nSPS) is 11.2. The summed E-state index contributed by atoms with van der Waals surface area (Å²) in [7, 11) is 1.55. The van der Waals surface area contributed by atoms with E-state index in [2.05, 4.69) is 26.5 Å². The Hall–Kier alpha value is -2.51. The number of halogens is 4. The van der Waals surface area contributed by atoms with Crippen molar-refractivity contribution in [3.8, 4) is 11.5 Å². The van der Waals surface area contributed by atoms with E-state index in [4.69, 9.17) is 44.3 Å². The number of hydrogen-bond donors (Lipinski definition) is 1. The highest BCUT2D eigenvalue weighted by atomic mass is 79.9. The second-order valence-electron chi connectivity index (χ2n) is 6.68. The van der Waals surface area contributed by atoms with Crippen LogP contribution in [0.5, 0.6) is 11.5 Å². The van der Waals surface area contributed by atoms with Crippen LogP contribution >= 0.6 is 50.7 Å². The van der Waals surface area contributed by atoms with Crippen LogP contribution in [0.3, 0.4) is 0 Å². The lowest BCUT2D eigenvalue weighted by molar-refractivity contribution is -0.116. The highest BCUT2D eigenvalue weighted by Crippen LogP contribution is 2.37. The van der Waals surface area contributed by atoms with Gasteiger partial charge in [-0.3, -0.25) is 4.79 Å². The predicted molar refractivity (Wildman–Crippen MR) is 138 cm³/mol. The molecule has 3 aromatic carbocycles. The van der Waals surface area contributed by atoms with E-state index in [-0.39, 0.29) is 0 Å². The minimum absolute atomic E-state index is 0.347. The molecular formula is C24H18BrCl3N2O3. The number of benzene rings is 3. The number of nitrogens with one attached hydrogen (secondary N) is 1. The molecule has 3 aromatic rings. The molecule has 0 fully saturated rings. The molecule has 0 spiro atoms. The van der Waals surface area contributed by atoms with Gasteiger partial charge in [-0.15, -0.1) is 0 Å². The van der Waals surface area contributed by atoms with Gasteiger partial charge < -0.3 is 9.47 Å². The molecule has 9 heteroatoms. The molecule has 5 nitrogen and oxygen atoms in total. The van der Waals surface area contributed by atoms with Gasteiger partial charge in [0, 0.05) is 21.1 Å².